The number of halogens is 1. The Morgan fingerprint density at radius 2 is 1.79 bits per heavy atom. The summed E-state index contributed by atoms with van der Waals surface area (Å²) in [6.45, 7) is 4.38. The van der Waals surface area contributed by atoms with Crippen LogP contribution in [-0.2, 0) is 9.53 Å². The third kappa shape index (κ3) is 5.80. The zero-order valence-corrected chi connectivity index (χ0v) is 21.9. The number of hydrogen-bond acceptors (Lipinski definition) is 6. The van der Waals surface area contributed by atoms with Gasteiger partial charge in [0.05, 0.1) is 25.3 Å². The number of benzene rings is 2. The highest BCUT2D eigenvalue weighted by Gasteiger charge is 2.38. The van der Waals surface area contributed by atoms with E-state index in [9.17, 15) is 18.8 Å². The van der Waals surface area contributed by atoms with Gasteiger partial charge in [0, 0.05) is 56.6 Å². The Morgan fingerprint density at radius 3 is 2.47 bits per heavy atom. The highest BCUT2D eigenvalue weighted by Crippen LogP contribution is 2.32. The van der Waals surface area contributed by atoms with E-state index in [-0.39, 0.29) is 30.2 Å². The van der Waals surface area contributed by atoms with Crippen molar-refractivity contribution >= 4 is 17.9 Å². The lowest BCUT2D eigenvalue weighted by Gasteiger charge is -2.36. The highest BCUT2D eigenvalue weighted by atomic mass is 19.1. The van der Waals surface area contributed by atoms with Crippen LogP contribution in [0, 0.1) is 5.82 Å². The first kappa shape index (κ1) is 27.1. The minimum absolute atomic E-state index is 0.0605. The van der Waals surface area contributed by atoms with Crippen LogP contribution in [0.15, 0.2) is 59.8 Å². The van der Waals surface area contributed by atoms with Gasteiger partial charge < -0.3 is 19.7 Å². The maximum Gasteiger partial charge on any atom is 0.338 e. The molecule has 2 aromatic rings. The van der Waals surface area contributed by atoms with E-state index < -0.39 is 23.9 Å². The van der Waals surface area contributed by atoms with E-state index >= 15 is 0 Å². The molecule has 9 nitrogen and oxygen atoms in total. The van der Waals surface area contributed by atoms with Crippen LogP contribution in [0.4, 0.5) is 9.18 Å². The number of carbonyl (C=O) groups excluding carboxylic acids is 3. The standard InChI is InChI=1S/C28H33FN4O5/c1-4-38-27(35)24-23(31(2)28(36)30-25(24)21-8-5-6-9-22(21)29)18-32-14-7-15-33(17-16-32)26(34)19-10-12-20(37-3)13-11-19/h5-6,8-13,25H,4,7,14-18H2,1-3H3,(H,30,36). The molecule has 2 aliphatic rings. The summed E-state index contributed by atoms with van der Waals surface area (Å²) in [7, 11) is 3.16. The Bertz CT molecular complexity index is 1220. The number of methoxy groups -OCH3 is 1. The number of likely N-dealkylation sites (N-methyl/N-ethyl adjacent to an activating group) is 1. The van der Waals surface area contributed by atoms with Gasteiger partial charge in [0.25, 0.3) is 5.91 Å². The summed E-state index contributed by atoms with van der Waals surface area (Å²) in [4.78, 5) is 44.4. The second-order valence-corrected chi connectivity index (χ2v) is 9.19. The fourth-order valence-corrected chi connectivity index (χ4v) is 4.80. The largest absolute Gasteiger partial charge is 0.497 e. The van der Waals surface area contributed by atoms with Crippen LogP contribution < -0.4 is 10.1 Å². The van der Waals surface area contributed by atoms with E-state index in [4.69, 9.17) is 9.47 Å². The van der Waals surface area contributed by atoms with Crippen molar-refractivity contribution in [1.29, 1.82) is 0 Å². The van der Waals surface area contributed by atoms with Gasteiger partial charge in [-0.25, -0.2) is 14.0 Å². The Morgan fingerprint density at radius 1 is 1.05 bits per heavy atom. The number of hydrogen-bond donors (Lipinski definition) is 1. The normalized spacial score (nSPS) is 18.6. The predicted octanol–water partition coefficient (Wildman–Crippen LogP) is 3.20. The summed E-state index contributed by atoms with van der Waals surface area (Å²) < 4.78 is 25.3. The van der Waals surface area contributed by atoms with Crippen molar-refractivity contribution in [2.24, 2.45) is 0 Å². The van der Waals surface area contributed by atoms with Gasteiger partial charge in [-0.3, -0.25) is 14.6 Å². The topological polar surface area (TPSA) is 91.4 Å². The van der Waals surface area contributed by atoms with Crippen LogP contribution in [0.1, 0.15) is 35.3 Å². The number of esters is 1. The molecule has 1 fully saturated rings. The Kier molecular flexibility index (Phi) is 8.62. The lowest BCUT2D eigenvalue weighted by atomic mass is 9.94. The molecule has 2 aliphatic heterocycles. The summed E-state index contributed by atoms with van der Waals surface area (Å²) in [5.74, 6) is -0.502. The van der Waals surface area contributed by atoms with E-state index in [1.807, 2.05) is 4.90 Å². The maximum absolute atomic E-state index is 14.8. The fourth-order valence-electron chi connectivity index (χ4n) is 4.80. The molecule has 1 atom stereocenters. The van der Waals surface area contributed by atoms with Gasteiger partial charge >= 0.3 is 12.0 Å². The quantitative estimate of drug-likeness (QED) is 0.560. The molecule has 0 aromatic heterocycles. The van der Waals surface area contributed by atoms with Gasteiger partial charge in [-0.05, 0) is 43.7 Å². The molecule has 2 heterocycles. The first-order valence-electron chi connectivity index (χ1n) is 12.7. The van der Waals surface area contributed by atoms with E-state index in [1.165, 1.54) is 11.0 Å². The Balaban J connectivity index is 1.58. The molecule has 0 radical (unpaired) electrons. The minimum atomic E-state index is -0.978. The predicted molar refractivity (Wildman–Crippen MR) is 139 cm³/mol. The molecule has 0 bridgehead atoms. The molecule has 1 N–H and O–H groups in total. The van der Waals surface area contributed by atoms with Crippen LogP contribution >= 0.6 is 0 Å². The minimum Gasteiger partial charge on any atom is -0.497 e. The number of nitrogens with one attached hydrogen (secondary N) is 1. The van der Waals surface area contributed by atoms with Crippen LogP contribution in [0.5, 0.6) is 5.75 Å². The average molecular weight is 525 g/mol. The zero-order chi connectivity index (χ0) is 27.2. The van der Waals surface area contributed by atoms with Gasteiger partial charge in [-0.1, -0.05) is 18.2 Å². The Hall–Kier alpha value is -3.92. The van der Waals surface area contributed by atoms with Crippen molar-refractivity contribution in [3.63, 3.8) is 0 Å². The third-order valence-electron chi connectivity index (χ3n) is 6.87. The van der Waals surface area contributed by atoms with E-state index in [0.717, 1.165) is 6.42 Å². The molecule has 0 spiro atoms. The zero-order valence-electron chi connectivity index (χ0n) is 21.9. The molecule has 0 saturated carbocycles. The molecular weight excluding hydrogens is 491 g/mol. The molecule has 202 valence electrons. The van der Waals surface area contributed by atoms with Crippen molar-refractivity contribution in [2.75, 3.05) is 53.5 Å². The molecule has 2 aromatic carbocycles. The highest BCUT2D eigenvalue weighted by molar-refractivity contribution is 5.95. The van der Waals surface area contributed by atoms with Crippen molar-refractivity contribution in [3.8, 4) is 5.75 Å². The molecule has 10 heteroatoms. The maximum atomic E-state index is 14.8. The fraction of sp³-hybridized carbons (Fsp3) is 0.393. The summed E-state index contributed by atoms with van der Waals surface area (Å²) in [5.41, 5.74) is 1.44. The third-order valence-corrected chi connectivity index (χ3v) is 6.87. The van der Waals surface area contributed by atoms with E-state index in [0.29, 0.717) is 43.2 Å². The van der Waals surface area contributed by atoms with Crippen molar-refractivity contribution < 1.29 is 28.2 Å². The lowest BCUT2D eigenvalue weighted by Crippen LogP contribution is -2.49. The Labute approximate surface area is 221 Å². The number of amides is 3. The van der Waals surface area contributed by atoms with Gasteiger partial charge in [-0.15, -0.1) is 0 Å². The SMILES string of the molecule is CCOC(=O)C1=C(CN2CCCN(C(=O)c3ccc(OC)cc3)CC2)N(C)C(=O)NC1c1ccccc1F. The van der Waals surface area contributed by atoms with Gasteiger partial charge in [0.15, 0.2) is 0 Å². The smallest absolute Gasteiger partial charge is 0.338 e. The molecule has 0 aliphatic carbocycles. The number of ether oxygens (including phenoxy) is 2. The molecule has 3 amide bonds. The number of rotatable bonds is 7. The summed E-state index contributed by atoms with van der Waals surface area (Å²) in [5, 5.41) is 2.75. The number of carbonyl (C=O) groups is 3. The van der Waals surface area contributed by atoms with Crippen molar-refractivity contribution in [2.45, 2.75) is 19.4 Å². The van der Waals surface area contributed by atoms with Crippen molar-refractivity contribution in [3.05, 3.63) is 76.7 Å². The van der Waals surface area contributed by atoms with Crippen LogP contribution in [-0.4, -0.2) is 86.1 Å². The van der Waals surface area contributed by atoms with E-state index in [1.54, 1.807) is 63.5 Å². The summed E-state index contributed by atoms with van der Waals surface area (Å²) >= 11 is 0. The molecule has 1 saturated heterocycles. The van der Waals surface area contributed by atoms with Gasteiger partial charge in [0.2, 0.25) is 0 Å². The molecule has 4 rings (SSSR count). The summed E-state index contributed by atoms with van der Waals surface area (Å²) in [6.07, 6.45) is 0.719. The molecular formula is C28H33FN4O5. The number of nitrogens with zero attached hydrogens (tertiary/aromatic N) is 3. The van der Waals surface area contributed by atoms with E-state index in [2.05, 4.69) is 10.2 Å². The first-order valence-corrected chi connectivity index (χ1v) is 12.7. The van der Waals surface area contributed by atoms with Gasteiger partial charge in [0.1, 0.15) is 11.6 Å². The van der Waals surface area contributed by atoms with Crippen LogP contribution in [0.25, 0.3) is 0 Å². The monoisotopic (exact) mass is 524 g/mol. The van der Waals surface area contributed by atoms with Crippen LogP contribution in [0.3, 0.4) is 0 Å². The van der Waals surface area contributed by atoms with Crippen molar-refractivity contribution in [1.82, 2.24) is 20.0 Å². The lowest BCUT2D eigenvalue weighted by molar-refractivity contribution is -0.139. The second kappa shape index (κ2) is 12.1. The second-order valence-electron chi connectivity index (χ2n) is 9.19. The number of urea groups is 1. The van der Waals surface area contributed by atoms with Gasteiger partial charge in [-0.2, -0.15) is 0 Å². The molecule has 1 unspecified atom stereocenters. The molecule has 38 heavy (non-hydrogen) atoms. The first-order chi connectivity index (χ1) is 18.3. The van der Waals surface area contributed by atoms with Crippen LogP contribution in [0.2, 0.25) is 0 Å². The average Bonchev–Trinajstić information content (AvgIpc) is 3.17. The summed E-state index contributed by atoms with van der Waals surface area (Å²) in [6, 6.07) is 11.7.